The quantitative estimate of drug-likeness (QED) is 0.794. The number of rotatable bonds is 4. The molecular weight excluding hydrogens is 264 g/mol. The summed E-state index contributed by atoms with van der Waals surface area (Å²) in [4.78, 5) is 13.0. The van der Waals surface area contributed by atoms with Crippen LogP contribution in [0.3, 0.4) is 0 Å². The highest BCUT2D eigenvalue weighted by Crippen LogP contribution is 2.22. The van der Waals surface area contributed by atoms with E-state index in [0.29, 0.717) is 28.9 Å². The van der Waals surface area contributed by atoms with Crippen LogP contribution in [0.2, 0.25) is 0 Å². The number of nitrogens with zero attached hydrogens (tertiary/aromatic N) is 3. The zero-order valence-electron chi connectivity index (χ0n) is 12.4. The van der Waals surface area contributed by atoms with Crippen molar-refractivity contribution < 1.29 is 4.42 Å². The molecule has 1 atom stereocenters. The van der Waals surface area contributed by atoms with Crippen molar-refractivity contribution in [3.8, 4) is 0 Å². The summed E-state index contributed by atoms with van der Waals surface area (Å²) in [5.41, 5.74) is 2.52. The fourth-order valence-electron chi connectivity index (χ4n) is 2.31. The van der Waals surface area contributed by atoms with Gasteiger partial charge in [0.1, 0.15) is 5.82 Å². The first-order valence-corrected chi connectivity index (χ1v) is 7.04. The number of oxazole rings is 1. The van der Waals surface area contributed by atoms with Gasteiger partial charge in [-0.2, -0.15) is 4.98 Å². The lowest BCUT2D eigenvalue weighted by Gasteiger charge is -2.13. The van der Waals surface area contributed by atoms with Gasteiger partial charge >= 0.3 is 0 Å². The average molecular weight is 282 g/mol. The third-order valence-corrected chi connectivity index (χ3v) is 3.42. The Balaban J connectivity index is 1.82. The highest BCUT2D eigenvalue weighted by molar-refractivity contribution is 5.81. The highest BCUT2D eigenvalue weighted by Gasteiger charge is 2.13. The standard InChI is InChI=1S/C16H18N4O/c1-10(13-7-5-4-6-8-13)9-17-15-14-16(19-11(2)18-15)21-12(3)20-14/h4-8,10H,9H2,1-3H3,(H,17,18,19)/t10-/m1/s1. The number of hydrogen-bond donors (Lipinski definition) is 1. The van der Waals surface area contributed by atoms with Crippen molar-refractivity contribution in [2.24, 2.45) is 0 Å². The summed E-state index contributed by atoms with van der Waals surface area (Å²) in [7, 11) is 0. The molecule has 108 valence electrons. The summed E-state index contributed by atoms with van der Waals surface area (Å²) >= 11 is 0. The Kier molecular flexibility index (Phi) is 3.56. The SMILES string of the molecule is Cc1nc(NC[C@@H](C)c2ccccc2)c2nc(C)oc2n1. The van der Waals surface area contributed by atoms with E-state index in [2.05, 4.69) is 51.5 Å². The molecule has 0 aliphatic heterocycles. The summed E-state index contributed by atoms with van der Waals surface area (Å²) in [5.74, 6) is 2.39. The van der Waals surface area contributed by atoms with Crippen LogP contribution in [-0.2, 0) is 0 Å². The lowest BCUT2D eigenvalue weighted by atomic mass is 10.0. The molecule has 0 bridgehead atoms. The summed E-state index contributed by atoms with van der Waals surface area (Å²) in [6, 6.07) is 10.4. The molecule has 0 fully saturated rings. The van der Waals surface area contributed by atoms with Crippen LogP contribution in [0.15, 0.2) is 34.7 Å². The molecule has 3 aromatic rings. The smallest absolute Gasteiger partial charge is 0.252 e. The maximum absolute atomic E-state index is 5.48. The molecule has 0 unspecified atom stereocenters. The van der Waals surface area contributed by atoms with E-state index in [1.165, 1.54) is 5.56 Å². The van der Waals surface area contributed by atoms with E-state index < -0.39 is 0 Å². The second-order valence-electron chi connectivity index (χ2n) is 5.20. The normalized spacial score (nSPS) is 12.5. The Labute approximate surface area is 123 Å². The molecule has 5 heteroatoms. The van der Waals surface area contributed by atoms with Crippen LogP contribution in [0.5, 0.6) is 0 Å². The molecule has 5 nitrogen and oxygen atoms in total. The topological polar surface area (TPSA) is 63.8 Å². The molecule has 0 radical (unpaired) electrons. The minimum absolute atomic E-state index is 0.379. The molecule has 0 aliphatic carbocycles. The van der Waals surface area contributed by atoms with Gasteiger partial charge in [-0.25, -0.2) is 9.97 Å². The number of benzene rings is 1. The molecular formula is C16H18N4O. The van der Waals surface area contributed by atoms with Gasteiger partial charge in [0.2, 0.25) is 0 Å². The van der Waals surface area contributed by atoms with Gasteiger partial charge in [0, 0.05) is 13.5 Å². The van der Waals surface area contributed by atoms with Gasteiger partial charge in [-0.1, -0.05) is 37.3 Å². The van der Waals surface area contributed by atoms with Gasteiger partial charge < -0.3 is 9.73 Å². The largest absolute Gasteiger partial charge is 0.422 e. The Morgan fingerprint density at radius 1 is 1.10 bits per heavy atom. The lowest BCUT2D eigenvalue weighted by molar-refractivity contribution is 0.550. The summed E-state index contributed by atoms with van der Waals surface area (Å²) in [5, 5.41) is 3.37. The van der Waals surface area contributed by atoms with Crippen LogP contribution in [0.4, 0.5) is 5.82 Å². The Morgan fingerprint density at radius 3 is 2.62 bits per heavy atom. The zero-order valence-corrected chi connectivity index (χ0v) is 12.4. The van der Waals surface area contributed by atoms with Gasteiger partial charge in [-0.15, -0.1) is 0 Å². The van der Waals surface area contributed by atoms with Gasteiger partial charge in [-0.05, 0) is 18.4 Å². The molecule has 0 aliphatic rings. The van der Waals surface area contributed by atoms with E-state index in [0.717, 1.165) is 12.4 Å². The van der Waals surface area contributed by atoms with Crippen LogP contribution in [0.25, 0.3) is 11.2 Å². The molecule has 1 aromatic carbocycles. The predicted octanol–water partition coefficient (Wildman–Crippen LogP) is 3.45. The first-order valence-electron chi connectivity index (χ1n) is 7.04. The molecule has 2 heterocycles. The van der Waals surface area contributed by atoms with E-state index in [-0.39, 0.29) is 0 Å². The van der Waals surface area contributed by atoms with E-state index in [9.17, 15) is 0 Å². The van der Waals surface area contributed by atoms with Gasteiger partial charge in [0.05, 0.1) is 0 Å². The fraction of sp³-hybridized carbons (Fsp3) is 0.312. The van der Waals surface area contributed by atoms with Crippen molar-refractivity contribution in [3.63, 3.8) is 0 Å². The Bertz CT molecular complexity index is 752. The molecule has 3 rings (SSSR count). The van der Waals surface area contributed by atoms with Crippen LogP contribution in [-0.4, -0.2) is 21.5 Å². The molecule has 2 aromatic heterocycles. The fourth-order valence-corrected chi connectivity index (χ4v) is 2.31. The average Bonchev–Trinajstić information content (AvgIpc) is 2.85. The lowest BCUT2D eigenvalue weighted by Crippen LogP contribution is -2.11. The molecule has 0 saturated carbocycles. The molecule has 21 heavy (non-hydrogen) atoms. The van der Waals surface area contributed by atoms with Crippen LogP contribution in [0, 0.1) is 13.8 Å². The van der Waals surface area contributed by atoms with Crippen LogP contribution < -0.4 is 5.32 Å². The number of anilines is 1. The van der Waals surface area contributed by atoms with Crippen molar-refractivity contribution in [2.45, 2.75) is 26.7 Å². The van der Waals surface area contributed by atoms with Crippen molar-refractivity contribution in [2.75, 3.05) is 11.9 Å². The van der Waals surface area contributed by atoms with E-state index in [4.69, 9.17) is 4.42 Å². The number of nitrogens with one attached hydrogen (secondary N) is 1. The van der Waals surface area contributed by atoms with Crippen molar-refractivity contribution >= 4 is 17.0 Å². The number of hydrogen-bond acceptors (Lipinski definition) is 5. The molecule has 0 amide bonds. The van der Waals surface area contributed by atoms with E-state index in [1.54, 1.807) is 0 Å². The summed E-state index contributed by atoms with van der Waals surface area (Å²) in [6.45, 7) is 6.62. The minimum atomic E-state index is 0.379. The third-order valence-electron chi connectivity index (χ3n) is 3.42. The number of aryl methyl sites for hydroxylation is 2. The molecule has 0 saturated heterocycles. The maximum atomic E-state index is 5.48. The monoisotopic (exact) mass is 282 g/mol. The molecule has 0 spiro atoms. The second-order valence-corrected chi connectivity index (χ2v) is 5.20. The summed E-state index contributed by atoms with van der Waals surface area (Å²) in [6.07, 6.45) is 0. The van der Waals surface area contributed by atoms with Crippen LogP contribution >= 0.6 is 0 Å². The zero-order chi connectivity index (χ0) is 14.8. The van der Waals surface area contributed by atoms with E-state index in [1.807, 2.05) is 19.9 Å². The minimum Gasteiger partial charge on any atom is -0.422 e. The number of aromatic nitrogens is 3. The van der Waals surface area contributed by atoms with Crippen molar-refractivity contribution in [3.05, 3.63) is 47.6 Å². The second kappa shape index (κ2) is 5.52. The predicted molar refractivity (Wildman–Crippen MR) is 82.4 cm³/mol. The highest BCUT2D eigenvalue weighted by atomic mass is 16.4. The first-order chi connectivity index (χ1) is 10.1. The van der Waals surface area contributed by atoms with E-state index >= 15 is 0 Å². The van der Waals surface area contributed by atoms with Crippen molar-refractivity contribution in [1.82, 2.24) is 15.0 Å². The van der Waals surface area contributed by atoms with Gasteiger partial charge in [-0.3, -0.25) is 0 Å². The van der Waals surface area contributed by atoms with Crippen LogP contribution in [0.1, 0.15) is 30.1 Å². The summed E-state index contributed by atoms with van der Waals surface area (Å²) < 4.78 is 5.48. The van der Waals surface area contributed by atoms with Gasteiger partial charge in [0.15, 0.2) is 17.2 Å². The maximum Gasteiger partial charge on any atom is 0.252 e. The molecule has 1 N–H and O–H groups in total. The Morgan fingerprint density at radius 2 is 1.86 bits per heavy atom. The van der Waals surface area contributed by atoms with Crippen molar-refractivity contribution in [1.29, 1.82) is 0 Å². The van der Waals surface area contributed by atoms with Gasteiger partial charge in [0.25, 0.3) is 5.71 Å². The third kappa shape index (κ3) is 2.86. The first kappa shape index (κ1) is 13.5. The number of fused-ring (bicyclic) bond motifs is 1. The Hall–Kier alpha value is -2.43.